The number of pyridine rings is 1. The fourth-order valence-electron chi connectivity index (χ4n) is 2.79. The highest BCUT2D eigenvalue weighted by atomic mass is 16.7. The van der Waals surface area contributed by atoms with Gasteiger partial charge in [0.2, 0.25) is 6.79 Å². The van der Waals surface area contributed by atoms with E-state index >= 15 is 0 Å². The van der Waals surface area contributed by atoms with Crippen molar-refractivity contribution < 1.29 is 14.3 Å². The van der Waals surface area contributed by atoms with Crippen LogP contribution in [-0.2, 0) is 0 Å². The number of nitrogens with one attached hydrogen (secondary N) is 2. The van der Waals surface area contributed by atoms with Crippen LogP contribution in [0, 0.1) is 0 Å². The summed E-state index contributed by atoms with van der Waals surface area (Å²) >= 11 is 0. The fourth-order valence-corrected chi connectivity index (χ4v) is 2.79. The van der Waals surface area contributed by atoms with Gasteiger partial charge in [-0.3, -0.25) is 4.98 Å². The minimum absolute atomic E-state index is 0.195. The molecule has 0 fully saturated rings. The Hall–Kier alpha value is -3.54. The number of carbonyl (C=O) groups is 1. The quantitative estimate of drug-likeness (QED) is 0.754. The molecule has 1 aliphatic rings. The molecule has 0 radical (unpaired) electrons. The Morgan fingerprint density at radius 3 is 2.58 bits per heavy atom. The molecule has 26 heavy (non-hydrogen) atoms. The maximum absolute atomic E-state index is 12.5. The zero-order chi connectivity index (χ0) is 17.8. The van der Waals surface area contributed by atoms with Gasteiger partial charge in [0.05, 0.1) is 11.7 Å². The number of anilines is 1. The lowest BCUT2D eigenvalue weighted by Gasteiger charge is -2.19. The minimum atomic E-state index is -0.355. The van der Waals surface area contributed by atoms with E-state index in [4.69, 9.17) is 9.47 Å². The molecule has 0 bridgehead atoms. The zero-order valence-corrected chi connectivity index (χ0v) is 13.9. The molecule has 2 amide bonds. The van der Waals surface area contributed by atoms with Crippen LogP contribution in [0.5, 0.6) is 11.5 Å². The lowest BCUT2D eigenvalue weighted by molar-refractivity contribution is 0.174. The van der Waals surface area contributed by atoms with Crippen LogP contribution in [-0.4, -0.2) is 17.8 Å². The third-order valence-corrected chi connectivity index (χ3v) is 4.02. The van der Waals surface area contributed by atoms with Gasteiger partial charge in [-0.15, -0.1) is 0 Å². The first-order valence-electron chi connectivity index (χ1n) is 8.22. The van der Waals surface area contributed by atoms with Gasteiger partial charge in [0.25, 0.3) is 0 Å². The third kappa shape index (κ3) is 3.44. The van der Waals surface area contributed by atoms with Crippen molar-refractivity contribution in [1.29, 1.82) is 0 Å². The van der Waals surface area contributed by atoms with Crippen molar-refractivity contribution in [2.75, 3.05) is 12.1 Å². The molecule has 0 spiro atoms. The van der Waals surface area contributed by atoms with Crippen LogP contribution in [0.2, 0.25) is 0 Å². The molecule has 6 nitrogen and oxygen atoms in total. The van der Waals surface area contributed by atoms with E-state index in [-0.39, 0.29) is 18.9 Å². The summed E-state index contributed by atoms with van der Waals surface area (Å²) in [5, 5.41) is 5.81. The first-order valence-corrected chi connectivity index (χ1v) is 8.22. The standard InChI is InChI=1S/C20H17N3O3/c24-20(22-15-9-10-17-18(12-15)26-13-25-17)23-19(14-6-2-1-3-7-14)16-8-4-5-11-21-16/h1-12,19H,13H2,(H2,22,23,24)/t19-/m0/s1. The molecule has 0 unspecified atom stereocenters. The van der Waals surface area contributed by atoms with Gasteiger partial charge in [-0.1, -0.05) is 36.4 Å². The summed E-state index contributed by atoms with van der Waals surface area (Å²) in [5.74, 6) is 1.29. The zero-order valence-electron chi connectivity index (χ0n) is 13.9. The second-order valence-corrected chi connectivity index (χ2v) is 5.76. The van der Waals surface area contributed by atoms with Crippen LogP contribution < -0.4 is 20.1 Å². The summed E-state index contributed by atoms with van der Waals surface area (Å²) in [6.45, 7) is 0.195. The van der Waals surface area contributed by atoms with Gasteiger partial charge >= 0.3 is 6.03 Å². The monoisotopic (exact) mass is 347 g/mol. The maximum Gasteiger partial charge on any atom is 0.320 e. The maximum atomic E-state index is 12.5. The molecule has 6 heteroatoms. The Labute approximate surface area is 150 Å². The van der Waals surface area contributed by atoms with E-state index in [1.165, 1.54) is 0 Å². The van der Waals surface area contributed by atoms with Crippen LogP contribution >= 0.6 is 0 Å². The van der Waals surface area contributed by atoms with E-state index in [1.54, 1.807) is 24.4 Å². The van der Waals surface area contributed by atoms with E-state index in [2.05, 4.69) is 15.6 Å². The van der Waals surface area contributed by atoms with Gasteiger partial charge in [-0.25, -0.2) is 4.79 Å². The first-order chi connectivity index (χ1) is 12.8. The van der Waals surface area contributed by atoms with Crippen LogP contribution in [0.15, 0.2) is 72.9 Å². The molecule has 4 rings (SSSR count). The van der Waals surface area contributed by atoms with Crippen LogP contribution in [0.3, 0.4) is 0 Å². The highest BCUT2D eigenvalue weighted by Gasteiger charge is 2.19. The van der Waals surface area contributed by atoms with Gasteiger partial charge in [0.15, 0.2) is 11.5 Å². The Bertz CT molecular complexity index is 861. The molecule has 0 saturated heterocycles. The van der Waals surface area contributed by atoms with E-state index in [0.29, 0.717) is 17.2 Å². The Kier molecular flexibility index (Phi) is 4.38. The number of hydrogen-bond acceptors (Lipinski definition) is 4. The predicted octanol–water partition coefficient (Wildman–Crippen LogP) is 3.72. The van der Waals surface area contributed by atoms with Crippen molar-refractivity contribution in [2.45, 2.75) is 6.04 Å². The van der Waals surface area contributed by atoms with Crippen molar-refractivity contribution in [3.05, 3.63) is 84.2 Å². The second-order valence-electron chi connectivity index (χ2n) is 5.76. The smallest absolute Gasteiger partial charge is 0.320 e. The number of ether oxygens (including phenoxy) is 2. The second kappa shape index (κ2) is 7.14. The molecule has 2 heterocycles. The predicted molar refractivity (Wildman–Crippen MR) is 97.2 cm³/mol. The van der Waals surface area contributed by atoms with E-state index < -0.39 is 0 Å². The molecule has 130 valence electrons. The first kappa shape index (κ1) is 16.0. The highest BCUT2D eigenvalue weighted by Crippen LogP contribution is 2.34. The molecule has 1 atom stereocenters. The Morgan fingerprint density at radius 2 is 1.77 bits per heavy atom. The van der Waals surface area contributed by atoms with E-state index in [9.17, 15) is 4.79 Å². The van der Waals surface area contributed by atoms with Crippen molar-refractivity contribution >= 4 is 11.7 Å². The number of fused-ring (bicyclic) bond motifs is 1. The third-order valence-electron chi connectivity index (χ3n) is 4.02. The molecule has 2 N–H and O–H groups in total. The van der Waals surface area contributed by atoms with E-state index in [1.807, 2.05) is 48.5 Å². The fraction of sp³-hybridized carbons (Fsp3) is 0.100. The average Bonchev–Trinajstić information content (AvgIpc) is 3.15. The number of rotatable bonds is 4. The molecule has 1 aliphatic heterocycles. The Balaban J connectivity index is 1.53. The molecule has 2 aromatic carbocycles. The Morgan fingerprint density at radius 1 is 0.962 bits per heavy atom. The number of benzene rings is 2. The average molecular weight is 347 g/mol. The summed E-state index contributed by atoms with van der Waals surface area (Å²) in [7, 11) is 0. The van der Waals surface area contributed by atoms with Crippen molar-refractivity contribution in [1.82, 2.24) is 10.3 Å². The molecular formula is C20H17N3O3. The summed E-state index contributed by atoms with van der Waals surface area (Å²) in [5.41, 5.74) is 2.34. The summed E-state index contributed by atoms with van der Waals surface area (Å²) < 4.78 is 10.6. The lowest BCUT2D eigenvalue weighted by atomic mass is 10.0. The van der Waals surface area contributed by atoms with Crippen LogP contribution in [0.1, 0.15) is 17.3 Å². The van der Waals surface area contributed by atoms with Gasteiger partial charge < -0.3 is 20.1 Å². The summed E-state index contributed by atoms with van der Waals surface area (Å²) in [6.07, 6.45) is 1.71. The number of hydrogen-bond donors (Lipinski definition) is 2. The number of nitrogens with zero attached hydrogens (tertiary/aromatic N) is 1. The van der Waals surface area contributed by atoms with Crippen LogP contribution in [0.4, 0.5) is 10.5 Å². The van der Waals surface area contributed by atoms with Gasteiger partial charge in [0.1, 0.15) is 0 Å². The minimum Gasteiger partial charge on any atom is -0.454 e. The molecule has 0 saturated carbocycles. The lowest BCUT2D eigenvalue weighted by Crippen LogP contribution is -2.33. The van der Waals surface area contributed by atoms with Gasteiger partial charge in [-0.2, -0.15) is 0 Å². The normalized spacial score (nSPS) is 13.1. The van der Waals surface area contributed by atoms with Gasteiger partial charge in [0, 0.05) is 18.0 Å². The summed E-state index contributed by atoms with van der Waals surface area (Å²) in [6, 6.07) is 19.9. The number of aromatic nitrogens is 1. The van der Waals surface area contributed by atoms with Gasteiger partial charge in [-0.05, 0) is 29.8 Å². The van der Waals surface area contributed by atoms with E-state index in [0.717, 1.165) is 11.3 Å². The SMILES string of the molecule is O=C(Nc1ccc2c(c1)OCO2)N[C@@H](c1ccccc1)c1ccccn1. The highest BCUT2D eigenvalue weighted by molar-refractivity contribution is 5.90. The molecule has 0 aliphatic carbocycles. The van der Waals surface area contributed by atoms with Crippen molar-refractivity contribution in [3.8, 4) is 11.5 Å². The van der Waals surface area contributed by atoms with Crippen molar-refractivity contribution in [3.63, 3.8) is 0 Å². The van der Waals surface area contributed by atoms with Crippen LogP contribution in [0.25, 0.3) is 0 Å². The topological polar surface area (TPSA) is 72.5 Å². The number of urea groups is 1. The summed E-state index contributed by atoms with van der Waals surface area (Å²) in [4.78, 5) is 16.9. The van der Waals surface area contributed by atoms with Crippen molar-refractivity contribution in [2.24, 2.45) is 0 Å². The molecular weight excluding hydrogens is 330 g/mol. The largest absolute Gasteiger partial charge is 0.454 e. The number of amides is 2. The molecule has 1 aromatic heterocycles. The number of carbonyl (C=O) groups excluding carboxylic acids is 1. The molecule has 3 aromatic rings.